The standard InChI is InChI=1S/C16H25F2NO/c1-4-12(5-2)11-15(19-6-3)13-7-9-14(10-8-13)20-16(17)18/h7-10,12,15-16,19H,4-6,11H2,1-3H3. The van der Waals surface area contributed by atoms with Crippen molar-refractivity contribution >= 4 is 0 Å². The highest BCUT2D eigenvalue weighted by Gasteiger charge is 2.15. The number of hydrogen-bond donors (Lipinski definition) is 1. The maximum absolute atomic E-state index is 12.1. The molecule has 0 fully saturated rings. The lowest BCUT2D eigenvalue weighted by Gasteiger charge is -2.23. The Balaban J connectivity index is 2.75. The van der Waals surface area contributed by atoms with E-state index in [4.69, 9.17) is 0 Å². The highest BCUT2D eigenvalue weighted by atomic mass is 19.3. The van der Waals surface area contributed by atoms with Crippen molar-refractivity contribution in [3.8, 4) is 5.75 Å². The molecule has 1 N–H and O–H groups in total. The lowest BCUT2D eigenvalue weighted by atomic mass is 9.91. The number of halogens is 2. The van der Waals surface area contributed by atoms with E-state index in [0.717, 1.165) is 31.4 Å². The molecular formula is C16H25F2NO. The third-order valence-electron chi connectivity index (χ3n) is 3.68. The van der Waals surface area contributed by atoms with Gasteiger partial charge in [0.25, 0.3) is 0 Å². The minimum atomic E-state index is -2.77. The second kappa shape index (κ2) is 8.90. The fourth-order valence-corrected chi connectivity index (χ4v) is 2.42. The van der Waals surface area contributed by atoms with Crippen LogP contribution in [0, 0.1) is 5.92 Å². The van der Waals surface area contributed by atoms with Crippen molar-refractivity contribution in [2.75, 3.05) is 6.54 Å². The molecule has 1 rings (SSSR count). The Morgan fingerprint density at radius 2 is 1.65 bits per heavy atom. The van der Waals surface area contributed by atoms with Crippen LogP contribution in [0.5, 0.6) is 5.75 Å². The quantitative estimate of drug-likeness (QED) is 0.706. The highest BCUT2D eigenvalue weighted by molar-refractivity contribution is 5.29. The Morgan fingerprint density at radius 1 is 1.05 bits per heavy atom. The van der Waals surface area contributed by atoms with E-state index in [0.29, 0.717) is 5.92 Å². The molecule has 0 saturated carbocycles. The number of ether oxygens (including phenoxy) is 1. The number of hydrogen-bond acceptors (Lipinski definition) is 2. The Morgan fingerprint density at radius 3 is 2.10 bits per heavy atom. The van der Waals surface area contributed by atoms with Crippen molar-refractivity contribution in [1.29, 1.82) is 0 Å². The van der Waals surface area contributed by atoms with Crippen molar-refractivity contribution in [1.82, 2.24) is 5.32 Å². The molecular weight excluding hydrogens is 260 g/mol. The summed E-state index contributed by atoms with van der Waals surface area (Å²) in [4.78, 5) is 0. The first kappa shape index (κ1) is 16.9. The number of rotatable bonds is 9. The summed E-state index contributed by atoms with van der Waals surface area (Å²) in [6.45, 7) is 4.61. The van der Waals surface area contributed by atoms with E-state index in [1.165, 1.54) is 0 Å². The molecule has 0 aliphatic heterocycles. The predicted octanol–water partition coefficient (Wildman–Crippen LogP) is 4.76. The van der Waals surface area contributed by atoms with E-state index in [9.17, 15) is 8.78 Å². The molecule has 20 heavy (non-hydrogen) atoms. The van der Waals surface area contributed by atoms with Gasteiger partial charge in [-0.15, -0.1) is 0 Å². The summed E-state index contributed by atoms with van der Waals surface area (Å²) in [5, 5.41) is 3.47. The van der Waals surface area contributed by atoms with Gasteiger partial charge in [-0.25, -0.2) is 0 Å². The van der Waals surface area contributed by atoms with Gasteiger partial charge >= 0.3 is 6.61 Å². The van der Waals surface area contributed by atoms with Crippen LogP contribution in [-0.4, -0.2) is 13.2 Å². The van der Waals surface area contributed by atoms with Crippen molar-refractivity contribution < 1.29 is 13.5 Å². The number of alkyl halides is 2. The second-order valence-corrected chi connectivity index (χ2v) is 4.98. The first-order chi connectivity index (χ1) is 9.60. The van der Waals surface area contributed by atoms with Crippen LogP contribution in [0.3, 0.4) is 0 Å². The van der Waals surface area contributed by atoms with Gasteiger partial charge in [-0.3, -0.25) is 0 Å². The Bertz CT molecular complexity index is 363. The Labute approximate surface area is 120 Å². The highest BCUT2D eigenvalue weighted by Crippen LogP contribution is 2.27. The van der Waals surface area contributed by atoms with Crippen LogP contribution < -0.4 is 10.1 Å². The largest absolute Gasteiger partial charge is 0.435 e. The first-order valence-electron chi connectivity index (χ1n) is 7.38. The molecule has 1 atom stereocenters. The van der Waals surface area contributed by atoms with Crippen LogP contribution in [0.1, 0.15) is 51.6 Å². The van der Waals surface area contributed by atoms with E-state index >= 15 is 0 Å². The van der Waals surface area contributed by atoms with Gasteiger partial charge in [0, 0.05) is 6.04 Å². The summed E-state index contributed by atoms with van der Waals surface area (Å²) in [6, 6.07) is 7.23. The molecule has 0 amide bonds. The van der Waals surface area contributed by atoms with Crippen molar-refractivity contribution in [3.63, 3.8) is 0 Å². The molecule has 114 valence electrons. The molecule has 0 radical (unpaired) electrons. The molecule has 1 aromatic rings. The van der Waals surface area contributed by atoms with E-state index in [2.05, 4.69) is 30.8 Å². The van der Waals surface area contributed by atoms with Crippen molar-refractivity contribution in [2.45, 2.75) is 52.7 Å². The van der Waals surface area contributed by atoms with E-state index in [-0.39, 0.29) is 11.8 Å². The SMILES string of the molecule is CCNC(CC(CC)CC)c1ccc(OC(F)F)cc1. The monoisotopic (exact) mass is 285 g/mol. The molecule has 0 heterocycles. The van der Waals surface area contributed by atoms with Crippen LogP contribution >= 0.6 is 0 Å². The zero-order valence-corrected chi connectivity index (χ0v) is 12.5. The summed E-state index contributed by atoms with van der Waals surface area (Å²) >= 11 is 0. The van der Waals surface area contributed by atoms with Crippen molar-refractivity contribution in [2.24, 2.45) is 5.92 Å². The van der Waals surface area contributed by atoms with Crippen LogP contribution in [-0.2, 0) is 0 Å². The molecule has 2 nitrogen and oxygen atoms in total. The van der Waals surface area contributed by atoms with Crippen molar-refractivity contribution in [3.05, 3.63) is 29.8 Å². The summed E-state index contributed by atoms with van der Waals surface area (Å²) in [6.07, 6.45) is 3.38. The average molecular weight is 285 g/mol. The summed E-state index contributed by atoms with van der Waals surface area (Å²) < 4.78 is 28.6. The van der Waals surface area contributed by atoms with Gasteiger partial charge in [0.1, 0.15) is 5.75 Å². The maximum atomic E-state index is 12.1. The molecule has 0 aliphatic rings. The molecule has 0 saturated heterocycles. The predicted molar refractivity (Wildman–Crippen MR) is 78.2 cm³/mol. The molecule has 1 unspecified atom stereocenters. The van der Waals surface area contributed by atoms with Gasteiger partial charge in [-0.05, 0) is 36.6 Å². The van der Waals surface area contributed by atoms with Crippen LogP contribution in [0.2, 0.25) is 0 Å². The van der Waals surface area contributed by atoms with Gasteiger partial charge in [-0.2, -0.15) is 8.78 Å². The fraction of sp³-hybridized carbons (Fsp3) is 0.625. The smallest absolute Gasteiger partial charge is 0.387 e. The summed E-state index contributed by atoms with van der Waals surface area (Å²) in [5.41, 5.74) is 1.13. The average Bonchev–Trinajstić information content (AvgIpc) is 2.44. The van der Waals surface area contributed by atoms with Gasteiger partial charge in [0.15, 0.2) is 0 Å². The molecule has 0 aliphatic carbocycles. The second-order valence-electron chi connectivity index (χ2n) is 4.98. The zero-order valence-electron chi connectivity index (χ0n) is 12.5. The van der Waals surface area contributed by atoms with Crippen LogP contribution in [0.25, 0.3) is 0 Å². The molecule has 0 bridgehead atoms. The fourth-order valence-electron chi connectivity index (χ4n) is 2.42. The van der Waals surface area contributed by atoms with Crippen LogP contribution in [0.15, 0.2) is 24.3 Å². The van der Waals surface area contributed by atoms with Gasteiger partial charge in [-0.1, -0.05) is 45.7 Å². The molecule has 1 aromatic carbocycles. The molecule has 0 spiro atoms. The molecule has 4 heteroatoms. The van der Waals surface area contributed by atoms with Crippen LogP contribution in [0.4, 0.5) is 8.78 Å². The topological polar surface area (TPSA) is 21.3 Å². The van der Waals surface area contributed by atoms with E-state index in [1.807, 2.05) is 12.1 Å². The van der Waals surface area contributed by atoms with E-state index < -0.39 is 6.61 Å². The first-order valence-corrected chi connectivity index (χ1v) is 7.38. The lowest BCUT2D eigenvalue weighted by molar-refractivity contribution is -0.0498. The summed E-state index contributed by atoms with van der Waals surface area (Å²) in [5.74, 6) is 0.887. The molecule has 0 aromatic heterocycles. The van der Waals surface area contributed by atoms with E-state index in [1.54, 1.807) is 12.1 Å². The number of nitrogens with one attached hydrogen (secondary N) is 1. The Hall–Kier alpha value is -1.16. The minimum Gasteiger partial charge on any atom is -0.435 e. The third kappa shape index (κ3) is 5.45. The summed E-state index contributed by atoms with van der Waals surface area (Å²) in [7, 11) is 0. The Kier molecular flexibility index (Phi) is 7.52. The van der Waals surface area contributed by atoms with Gasteiger partial charge in [0.2, 0.25) is 0 Å². The third-order valence-corrected chi connectivity index (χ3v) is 3.68. The maximum Gasteiger partial charge on any atom is 0.387 e. The normalized spacial score (nSPS) is 12.9. The zero-order chi connectivity index (χ0) is 15.0. The lowest BCUT2D eigenvalue weighted by Crippen LogP contribution is -2.23. The van der Waals surface area contributed by atoms with Gasteiger partial charge < -0.3 is 10.1 Å². The minimum absolute atomic E-state index is 0.210. The number of benzene rings is 1. The van der Waals surface area contributed by atoms with Gasteiger partial charge in [0.05, 0.1) is 0 Å².